The zero-order valence-electron chi connectivity index (χ0n) is 12.5. The van der Waals surface area contributed by atoms with Crippen LogP contribution in [0.2, 0.25) is 0 Å². The predicted molar refractivity (Wildman–Crippen MR) is 85.5 cm³/mol. The maximum atomic E-state index is 12.8. The minimum absolute atomic E-state index is 0.0303. The van der Waals surface area contributed by atoms with Crippen molar-refractivity contribution in [3.8, 4) is 11.5 Å². The second kappa shape index (κ2) is 6.87. The van der Waals surface area contributed by atoms with Gasteiger partial charge in [-0.2, -0.15) is 0 Å². The third-order valence-electron chi connectivity index (χ3n) is 3.23. The summed E-state index contributed by atoms with van der Waals surface area (Å²) in [6, 6.07) is 15.1. The average molecular weight is 327 g/mol. The third kappa shape index (κ3) is 3.73. The zero-order valence-corrected chi connectivity index (χ0v) is 12.5. The number of anilines is 1. The van der Waals surface area contributed by atoms with Crippen molar-refractivity contribution in [1.29, 1.82) is 0 Å². The van der Waals surface area contributed by atoms with E-state index < -0.39 is 5.91 Å². The molecule has 0 aliphatic carbocycles. The van der Waals surface area contributed by atoms with Crippen LogP contribution in [0.3, 0.4) is 0 Å². The summed E-state index contributed by atoms with van der Waals surface area (Å²) in [6.07, 6.45) is 0. The third-order valence-corrected chi connectivity index (χ3v) is 3.23. The summed E-state index contributed by atoms with van der Waals surface area (Å²) in [5, 5.41) is 12.2. The second-order valence-corrected chi connectivity index (χ2v) is 4.98. The number of benzene rings is 2. The Bertz CT molecular complexity index is 842. The van der Waals surface area contributed by atoms with Crippen molar-refractivity contribution in [2.45, 2.75) is 6.61 Å². The molecule has 0 fully saturated rings. The largest absolute Gasteiger partial charge is 0.506 e. The van der Waals surface area contributed by atoms with E-state index in [-0.39, 0.29) is 23.9 Å². The molecule has 2 aromatic carbocycles. The lowest BCUT2D eigenvalue weighted by Crippen LogP contribution is -2.10. The number of halogens is 1. The summed E-state index contributed by atoms with van der Waals surface area (Å²) in [7, 11) is 0. The van der Waals surface area contributed by atoms with Gasteiger partial charge >= 0.3 is 0 Å². The average Bonchev–Trinajstić information content (AvgIpc) is 3.06. The molecule has 2 N–H and O–H groups in total. The van der Waals surface area contributed by atoms with E-state index in [0.717, 1.165) is 0 Å². The number of rotatable bonds is 5. The number of hydrogen-bond donors (Lipinski definition) is 2. The number of carbonyl (C=O) groups excluding carboxylic acids is 1. The molecule has 0 unspecified atom stereocenters. The first-order chi connectivity index (χ1) is 11.6. The highest BCUT2D eigenvalue weighted by atomic mass is 19.1. The Hall–Kier alpha value is -3.28. The van der Waals surface area contributed by atoms with Gasteiger partial charge in [-0.1, -0.05) is 12.1 Å². The van der Waals surface area contributed by atoms with Gasteiger partial charge in [-0.3, -0.25) is 4.79 Å². The van der Waals surface area contributed by atoms with Gasteiger partial charge in [0.15, 0.2) is 5.76 Å². The summed E-state index contributed by atoms with van der Waals surface area (Å²) < 4.78 is 23.7. The van der Waals surface area contributed by atoms with Crippen molar-refractivity contribution >= 4 is 11.6 Å². The highest BCUT2D eigenvalue weighted by Gasteiger charge is 2.13. The summed E-state index contributed by atoms with van der Waals surface area (Å²) in [5.74, 6) is 0.177. The fraction of sp³-hybridized carbons (Fsp3) is 0.0556. The van der Waals surface area contributed by atoms with Crippen molar-refractivity contribution in [2.75, 3.05) is 5.32 Å². The minimum Gasteiger partial charge on any atom is -0.506 e. The molecule has 122 valence electrons. The van der Waals surface area contributed by atoms with Gasteiger partial charge in [0, 0.05) is 0 Å². The molecule has 1 heterocycles. The minimum atomic E-state index is -0.482. The molecule has 0 bridgehead atoms. The van der Waals surface area contributed by atoms with Crippen molar-refractivity contribution in [3.05, 3.63) is 78.0 Å². The molecule has 0 saturated carbocycles. The van der Waals surface area contributed by atoms with Gasteiger partial charge in [0.05, 0.1) is 5.69 Å². The fourth-order valence-electron chi connectivity index (χ4n) is 2.03. The Morgan fingerprint density at radius 3 is 2.58 bits per heavy atom. The quantitative estimate of drug-likeness (QED) is 0.696. The first-order valence-corrected chi connectivity index (χ1v) is 7.18. The maximum absolute atomic E-state index is 12.8. The molecule has 5 nitrogen and oxygen atoms in total. The van der Waals surface area contributed by atoms with Gasteiger partial charge < -0.3 is 19.6 Å². The summed E-state index contributed by atoms with van der Waals surface area (Å²) in [6.45, 7) is 0.107. The molecule has 6 heteroatoms. The van der Waals surface area contributed by atoms with Gasteiger partial charge in [0.25, 0.3) is 5.91 Å². The van der Waals surface area contributed by atoms with E-state index in [0.29, 0.717) is 17.2 Å². The van der Waals surface area contributed by atoms with Crippen LogP contribution in [0.4, 0.5) is 10.1 Å². The Labute approximate surface area is 137 Å². The summed E-state index contributed by atoms with van der Waals surface area (Å²) in [4.78, 5) is 12.1. The molecule has 0 radical (unpaired) electrons. The van der Waals surface area contributed by atoms with Crippen LogP contribution in [0.25, 0.3) is 0 Å². The van der Waals surface area contributed by atoms with E-state index in [1.165, 1.54) is 36.4 Å². The molecular weight excluding hydrogens is 313 g/mol. The van der Waals surface area contributed by atoms with Gasteiger partial charge in [0.2, 0.25) is 0 Å². The zero-order chi connectivity index (χ0) is 16.9. The molecule has 0 aliphatic rings. The Balaban J connectivity index is 1.61. The highest BCUT2D eigenvalue weighted by molar-refractivity contribution is 6.03. The number of furan rings is 1. The first-order valence-electron chi connectivity index (χ1n) is 7.18. The van der Waals surface area contributed by atoms with E-state index in [1.54, 1.807) is 24.3 Å². The molecular formula is C18H14FNO4. The van der Waals surface area contributed by atoms with Crippen LogP contribution in [-0.4, -0.2) is 11.0 Å². The molecule has 0 atom stereocenters. The van der Waals surface area contributed by atoms with E-state index in [4.69, 9.17) is 9.15 Å². The van der Waals surface area contributed by atoms with Gasteiger partial charge in [-0.05, 0) is 48.5 Å². The molecule has 24 heavy (non-hydrogen) atoms. The van der Waals surface area contributed by atoms with Crippen LogP contribution in [0.5, 0.6) is 11.5 Å². The fourth-order valence-corrected chi connectivity index (χ4v) is 2.03. The van der Waals surface area contributed by atoms with Crippen LogP contribution in [0, 0.1) is 5.82 Å². The van der Waals surface area contributed by atoms with E-state index in [1.807, 2.05) is 0 Å². The van der Waals surface area contributed by atoms with Crippen LogP contribution in [-0.2, 0) is 6.61 Å². The number of phenolic OH excluding ortho intramolecular Hbond substituents is 1. The van der Waals surface area contributed by atoms with Crippen molar-refractivity contribution in [2.24, 2.45) is 0 Å². The van der Waals surface area contributed by atoms with E-state index in [9.17, 15) is 14.3 Å². The Kier molecular flexibility index (Phi) is 4.47. The van der Waals surface area contributed by atoms with Gasteiger partial charge in [-0.25, -0.2) is 4.39 Å². The Morgan fingerprint density at radius 2 is 1.83 bits per heavy atom. The standard InChI is InChI=1S/C18H14FNO4/c19-12-5-7-13(8-6-12)23-11-14-9-10-17(24-14)18(22)20-15-3-1-2-4-16(15)21/h1-10,21H,11H2,(H,20,22). The monoisotopic (exact) mass is 327 g/mol. The molecule has 0 aliphatic heterocycles. The SMILES string of the molecule is O=C(Nc1ccccc1O)c1ccc(COc2ccc(F)cc2)o1. The number of amides is 1. The number of phenols is 1. The number of ether oxygens (including phenoxy) is 1. The number of carbonyl (C=O) groups is 1. The second-order valence-electron chi connectivity index (χ2n) is 4.98. The highest BCUT2D eigenvalue weighted by Crippen LogP contribution is 2.22. The maximum Gasteiger partial charge on any atom is 0.291 e. The number of nitrogens with one attached hydrogen (secondary N) is 1. The predicted octanol–water partition coefficient (Wildman–Crippen LogP) is 3.96. The lowest BCUT2D eigenvalue weighted by atomic mass is 10.3. The first kappa shape index (κ1) is 15.6. The normalized spacial score (nSPS) is 10.4. The lowest BCUT2D eigenvalue weighted by molar-refractivity contribution is 0.0992. The van der Waals surface area contributed by atoms with E-state index >= 15 is 0 Å². The van der Waals surface area contributed by atoms with Crippen molar-refractivity contribution in [3.63, 3.8) is 0 Å². The molecule has 1 aromatic heterocycles. The molecule has 3 rings (SSSR count). The number of aromatic hydroxyl groups is 1. The number of hydrogen-bond acceptors (Lipinski definition) is 4. The van der Waals surface area contributed by atoms with Crippen LogP contribution in [0.1, 0.15) is 16.3 Å². The van der Waals surface area contributed by atoms with Crippen LogP contribution in [0.15, 0.2) is 65.1 Å². The van der Waals surface area contributed by atoms with Crippen LogP contribution < -0.4 is 10.1 Å². The summed E-state index contributed by atoms with van der Waals surface area (Å²) >= 11 is 0. The molecule has 0 spiro atoms. The van der Waals surface area contributed by atoms with Crippen molar-refractivity contribution in [1.82, 2.24) is 0 Å². The number of para-hydroxylation sites is 2. The van der Waals surface area contributed by atoms with Crippen LogP contribution >= 0.6 is 0 Å². The Morgan fingerprint density at radius 1 is 1.08 bits per heavy atom. The van der Waals surface area contributed by atoms with Gasteiger partial charge in [-0.15, -0.1) is 0 Å². The summed E-state index contributed by atoms with van der Waals surface area (Å²) in [5.41, 5.74) is 0.294. The smallest absolute Gasteiger partial charge is 0.291 e. The lowest BCUT2D eigenvalue weighted by Gasteiger charge is -2.05. The topological polar surface area (TPSA) is 71.7 Å². The van der Waals surface area contributed by atoms with E-state index in [2.05, 4.69) is 5.32 Å². The molecule has 3 aromatic rings. The van der Waals surface area contributed by atoms with Gasteiger partial charge in [0.1, 0.15) is 29.7 Å². The molecule has 1 amide bonds. The molecule has 0 saturated heterocycles. The van der Waals surface area contributed by atoms with Crippen molar-refractivity contribution < 1.29 is 23.4 Å².